The first-order valence-corrected chi connectivity index (χ1v) is 4.74. The Bertz CT molecular complexity index is 339. The molecule has 14 heavy (non-hydrogen) atoms. The van der Waals surface area contributed by atoms with E-state index in [1.165, 1.54) is 13.0 Å². The molecule has 0 aliphatic carbocycles. The molecule has 0 saturated carbocycles. The van der Waals surface area contributed by atoms with Gasteiger partial charge in [0.15, 0.2) is 0 Å². The molecule has 0 spiro atoms. The smallest absolute Gasteiger partial charge is 0.287 e. The van der Waals surface area contributed by atoms with Gasteiger partial charge in [0.25, 0.3) is 5.92 Å². The lowest BCUT2D eigenvalue weighted by Crippen LogP contribution is -2.35. The van der Waals surface area contributed by atoms with Crippen LogP contribution in [0.5, 0.6) is 0 Å². The first-order chi connectivity index (χ1) is 6.35. The molecule has 0 aromatic heterocycles. The van der Waals surface area contributed by atoms with Crippen LogP contribution in [0.2, 0.25) is 0 Å². The van der Waals surface area contributed by atoms with Gasteiger partial charge in [0.2, 0.25) is 0 Å². The fourth-order valence-corrected chi connectivity index (χ4v) is 1.21. The molecular formula is C9H9BrF3N. The second-order valence-corrected chi connectivity index (χ2v) is 3.89. The van der Waals surface area contributed by atoms with Crippen molar-refractivity contribution in [2.45, 2.75) is 18.9 Å². The highest BCUT2D eigenvalue weighted by Gasteiger charge is 2.36. The van der Waals surface area contributed by atoms with Crippen molar-refractivity contribution in [1.29, 1.82) is 0 Å². The number of halogens is 4. The van der Waals surface area contributed by atoms with Gasteiger partial charge in [0.1, 0.15) is 5.82 Å². The van der Waals surface area contributed by atoms with Gasteiger partial charge in [-0.2, -0.15) is 8.78 Å². The van der Waals surface area contributed by atoms with Crippen LogP contribution in [0.15, 0.2) is 22.7 Å². The second-order valence-electron chi connectivity index (χ2n) is 3.04. The van der Waals surface area contributed by atoms with Crippen molar-refractivity contribution in [2.75, 3.05) is 0 Å². The minimum absolute atomic E-state index is 0.154. The van der Waals surface area contributed by atoms with Crippen molar-refractivity contribution in [3.8, 4) is 0 Å². The fourth-order valence-electron chi connectivity index (χ4n) is 0.966. The maximum absolute atomic E-state index is 13.3. The van der Waals surface area contributed by atoms with Gasteiger partial charge in [0.05, 0.1) is 10.5 Å². The summed E-state index contributed by atoms with van der Waals surface area (Å²) in [6.07, 6.45) is 0. The van der Waals surface area contributed by atoms with Crippen LogP contribution in [-0.2, 0) is 5.92 Å². The standard InChI is InChI=1S/C9H9BrF3N/c1-5(14)9(12,13)6-2-3-7(10)8(11)4-6/h2-5H,14H2,1H3. The predicted molar refractivity (Wildman–Crippen MR) is 51.6 cm³/mol. The van der Waals surface area contributed by atoms with Gasteiger partial charge >= 0.3 is 0 Å². The Morgan fingerprint density at radius 3 is 2.43 bits per heavy atom. The Hall–Kier alpha value is -0.550. The zero-order valence-corrected chi connectivity index (χ0v) is 8.98. The van der Waals surface area contributed by atoms with Gasteiger partial charge < -0.3 is 5.73 Å². The summed E-state index contributed by atoms with van der Waals surface area (Å²) in [5.74, 6) is -3.93. The lowest BCUT2D eigenvalue weighted by Gasteiger charge is -2.20. The van der Waals surface area contributed by atoms with Crippen LogP contribution in [0.25, 0.3) is 0 Å². The van der Waals surface area contributed by atoms with Gasteiger partial charge in [-0.15, -0.1) is 0 Å². The Kier molecular flexibility index (Phi) is 3.21. The molecule has 0 aliphatic heterocycles. The van der Waals surface area contributed by atoms with Crippen molar-refractivity contribution >= 4 is 15.9 Å². The molecule has 0 radical (unpaired) electrons. The third-order valence-corrected chi connectivity index (χ3v) is 2.52. The topological polar surface area (TPSA) is 26.0 Å². The summed E-state index contributed by atoms with van der Waals surface area (Å²) in [4.78, 5) is 0. The van der Waals surface area contributed by atoms with E-state index in [1.807, 2.05) is 0 Å². The van der Waals surface area contributed by atoms with Crippen molar-refractivity contribution in [2.24, 2.45) is 5.73 Å². The molecule has 1 unspecified atom stereocenters. The molecule has 78 valence electrons. The molecule has 5 heteroatoms. The minimum atomic E-state index is -3.21. The van der Waals surface area contributed by atoms with Crippen LogP contribution < -0.4 is 5.73 Å². The molecule has 2 N–H and O–H groups in total. The van der Waals surface area contributed by atoms with E-state index in [2.05, 4.69) is 15.9 Å². The number of alkyl halides is 2. The van der Waals surface area contributed by atoms with E-state index in [9.17, 15) is 13.2 Å². The monoisotopic (exact) mass is 267 g/mol. The Morgan fingerprint density at radius 1 is 1.43 bits per heavy atom. The summed E-state index contributed by atoms with van der Waals surface area (Å²) in [5, 5.41) is 0. The third-order valence-electron chi connectivity index (χ3n) is 1.88. The molecule has 0 saturated heterocycles. The van der Waals surface area contributed by atoms with Gasteiger partial charge in [-0.1, -0.05) is 6.07 Å². The van der Waals surface area contributed by atoms with Crippen LogP contribution in [0.3, 0.4) is 0 Å². The van der Waals surface area contributed by atoms with E-state index in [0.29, 0.717) is 0 Å². The molecule has 1 aromatic rings. The number of nitrogens with two attached hydrogens (primary N) is 1. The van der Waals surface area contributed by atoms with E-state index >= 15 is 0 Å². The lowest BCUT2D eigenvalue weighted by atomic mass is 10.0. The average molecular weight is 268 g/mol. The van der Waals surface area contributed by atoms with Gasteiger partial charge in [-0.05, 0) is 35.0 Å². The quantitative estimate of drug-likeness (QED) is 0.876. The van der Waals surface area contributed by atoms with E-state index < -0.39 is 23.3 Å². The molecule has 0 fully saturated rings. The molecule has 1 aromatic carbocycles. The first-order valence-electron chi connectivity index (χ1n) is 3.94. The highest BCUT2D eigenvalue weighted by Crippen LogP contribution is 2.32. The number of benzene rings is 1. The van der Waals surface area contributed by atoms with Gasteiger partial charge in [-0.25, -0.2) is 4.39 Å². The summed E-state index contributed by atoms with van der Waals surface area (Å²) in [6.45, 7) is 1.18. The van der Waals surface area contributed by atoms with Gasteiger partial charge in [-0.3, -0.25) is 0 Å². The summed E-state index contributed by atoms with van der Waals surface area (Å²) in [5.41, 5.74) is 4.70. The first kappa shape index (κ1) is 11.5. The predicted octanol–water partition coefficient (Wildman–Crippen LogP) is 3.03. The van der Waals surface area contributed by atoms with Crippen LogP contribution in [0.4, 0.5) is 13.2 Å². The van der Waals surface area contributed by atoms with E-state index in [4.69, 9.17) is 5.73 Å². The van der Waals surface area contributed by atoms with Gasteiger partial charge in [0, 0.05) is 5.56 Å². The zero-order chi connectivity index (χ0) is 10.9. The van der Waals surface area contributed by atoms with Crippen molar-refractivity contribution < 1.29 is 13.2 Å². The summed E-state index contributed by atoms with van der Waals surface area (Å²) < 4.78 is 39.7. The number of rotatable bonds is 2. The highest BCUT2D eigenvalue weighted by molar-refractivity contribution is 9.10. The Balaban J connectivity index is 3.14. The maximum Gasteiger partial charge on any atom is 0.287 e. The SMILES string of the molecule is CC(N)C(F)(F)c1ccc(Br)c(F)c1. The highest BCUT2D eigenvalue weighted by atomic mass is 79.9. The molecule has 0 heterocycles. The van der Waals surface area contributed by atoms with E-state index in [0.717, 1.165) is 12.1 Å². The normalized spacial score (nSPS) is 14.1. The summed E-state index contributed by atoms with van der Waals surface area (Å²) in [6, 6.07) is 1.83. The zero-order valence-electron chi connectivity index (χ0n) is 7.40. The largest absolute Gasteiger partial charge is 0.323 e. The lowest BCUT2D eigenvalue weighted by molar-refractivity contribution is -0.0259. The molecule has 1 rings (SSSR count). The van der Waals surface area contributed by atoms with Crippen LogP contribution >= 0.6 is 15.9 Å². The van der Waals surface area contributed by atoms with Crippen LogP contribution in [0.1, 0.15) is 12.5 Å². The van der Waals surface area contributed by atoms with Crippen LogP contribution in [-0.4, -0.2) is 6.04 Å². The average Bonchev–Trinajstić information content (AvgIpc) is 2.09. The van der Waals surface area contributed by atoms with Crippen molar-refractivity contribution in [3.63, 3.8) is 0 Å². The van der Waals surface area contributed by atoms with Crippen molar-refractivity contribution in [1.82, 2.24) is 0 Å². The maximum atomic E-state index is 13.3. The molecule has 0 bridgehead atoms. The Morgan fingerprint density at radius 2 is 2.00 bits per heavy atom. The number of hydrogen-bond acceptors (Lipinski definition) is 1. The molecular weight excluding hydrogens is 259 g/mol. The third kappa shape index (κ3) is 2.09. The summed E-state index contributed by atoms with van der Waals surface area (Å²) in [7, 11) is 0. The van der Waals surface area contributed by atoms with Crippen molar-refractivity contribution in [3.05, 3.63) is 34.1 Å². The molecule has 0 amide bonds. The fraction of sp³-hybridized carbons (Fsp3) is 0.333. The Labute approximate surface area is 88.2 Å². The van der Waals surface area contributed by atoms with E-state index in [1.54, 1.807) is 0 Å². The molecule has 1 nitrogen and oxygen atoms in total. The number of hydrogen-bond donors (Lipinski definition) is 1. The van der Waals surface area contributed by atoms with E-state index in [-0.39, 0.29) is 4.47 Å². The second kappa shape index (κ2) is 3.90. The summed E-state index contributed by atoms with van der Waals surface area (Å²) >= 11 is 2.88. The molecule has 1 atom stereocenters. The molecule has 0 aliphatic rings. The minimum Gasteiger partial charge on any atom is -0.323 e. The van der Waals surface area contributed by atoms with Crippen LogP contribution in [0, 0.1) is 5.82 Å².